The van der Waals surface area contributed by atoms with Gasteiger partial charge in [0.15, 0.2) is 0 Å². The Hall–Kier alpha value is -2.04. The van der Waals surface area contributed by atoms with E-state index in [2.05, 4.69) is 12.2 Å². The standard InChI is InChI=1S/C20H31NO4/c1-4-5-6-10-13-18(19(22)24-14-16(2)3)21-20(23)25-15-17-11-8-7-9-12-17/h7-9,11-12,16,18H,4-6,10,13-15H2,1-3H3,(H,21,23). The lowest BCUT2D eigenvalue weighted by Gasteiger charge is -2.18. The lowest BCUT2D eigenvalue weighted by Crippen LogP contribution is -2.42. The molecule has 0 spiro atoms. The molecule has 0 aromatic heterocycles. The number of rotatable bonds is 11. The van der Waals surface area contributed by atoms with E-state index in [1.165, 1.54) is 0 Å². The molecule has 1 unspecified atom stereocenters. The maximum absolute atomic E-state index is 12.2. The fraction of sp³-hybridized carbons (Fsp3) is 0.600. The van der Waals surface area contributed by atoms with Gasteiger partial charge in [-0.05, 0) is 17.9 Å². The Morgan fingerprint density at radius 3 is 2.40 bits per heavy atom. The van der Waals surface area contributed by atoms with Gasteiger partial charge in [0.1, 0.15) is 12.6 Å². The van der Waals surface area contributed by atoms with Gasteiger partial charge in [-0.1, -0.05) is 76.8 Å². The molecule has 0 heterocycles. The Kier molecular flexibility index (Phi) is 10.4. The van der Waals surface area contributed by atoms with Crippen molar-refractivity contribution in [2.45, 2.75) is 65.5 Å². The number of amides is 1. The Balaban J connectivity index is 2.48. The van der Waals surface area contributed by atoms with Crippen LogP contribution in [0.2, 0.25) is 0 Å². The second kappa shape index (κ2) is 12.3. The van der Waals surface area contributed by atoms with Crippen LogP contribution in [-0.4, -0.2) is 24.7 Å². The van der Waals surface area contributed by atoms with E-state index < -0.39 is 12.1 Å². The van der Waals surface area contributed by atoms with Crippen molar-refractivity contribution in [1.82, 2.24) is 5.32 Å². The van der Waals surface area contributed by atoms with E-state index in [0.717, 1.165) is 31.2 Å². The number of hydrogen-bond donors (Lipinski definition) is 1. The van der Waals surface area contributed by atoms with Crippen molar-refractivity contribution >= 4 is 12.1 Å². The van der Waals surface area contributed by atoms with Crippen molar-refractivity contribution in [3.05, 3.63) is 35.9 Å². The molecule has 0 bridgehead atoms. The lowest BCUT2D eigenvalue weighted by atomic mass is 10.1. The molecule has 1 N–H and O–H groups in total. The van der Waals surface area contributed by atoms with Crippen LogP contribution in [0.15, 0.2) is 30.3 Å². The first-order valence-corrected chi connectivity index (χ1v) is 9.16. The summed E-state index contributed by atoms with van der Waals surface area (Å²) in [6, 6.07) is 8.78. The predicted molar refractivity (Wildman–Crippen MR) is 98.1 cm³/mol. The highest BCUT2D eigenvalue weighted by Crippen LogP contribution is 2.09. The molecule has 140 valence electrons. The van der Waals surface area contributed by atoms with Crippen LogP contribution >= 0.6 is 0 Å². The molecule has 1 amide bonds. The third kappa shape index (κ3) is 9.75. The molecule has 1 aromatic rings. The summed E-state index contributed by atoms with van der Waals surface area (Å²) in [4.78, 5) is 24.2. The Labute approximate surface area is 151 Å². The second-order valence-electron chi connectivity index (χ2n) is 6.63. The van der Waals surface area contributed by atoms with Crippen LogP contribution in [0.1, 0.15) is 58.4 Å². The number of benzene rings is 1. The van der Waals surface area contributed by atoms with E-state index in [0.29, 0.717) is 13.0 Å². The number of alkyl carbamates (subject to hydrolysis) is 1. The highest BCUT2D eigenvalue weighted by Gasteiger charge is 2.23. The first-order valence-electron chi connectivity index (χ1n) is 9.16. The average molecular weight is 349 g/mol. The van der Waals surface area contributed by atoms with E-state index in [1.54, 1.807) is 0 Å². The molecule has 0 aliphatic heterocycles. The molecule has 0 fully saturated rings. The molecule has 5 heteroatoms. The molecular formula is C20H31NO4. The monoisotopic (exact) mass is 349 g/mol. The van der Waals surface area contributed by atoms with Gasteiger partial charge in [-0.2, -0.15) is 0 Å². The molecule has 0 aliphatic rings. The van der Waals surface area contributed by atoms with Crippen LogP contribution in [0, 0.1) is 5.92 Å². The van der Waals surface area contributed by atoms with Gasteiger partial charge in [-0.15, -0.1) is 0 Å². The van der Waals surface area contributed by atoms with Crippen LogP contribution in [0.25, 0.3) is 0 Å². The van der Waals surface area contributed by atoms with E-state index >= 15 is 0 Å². The van der Waals surface area contributed by atoms with Crippen molar-refractivity contribution in [1.29, 1.82) is 0 Å². The van der Waals surface area contributed by atoms with Crippen LogP contribution in [0.3, 0.4) is 0 Å². The quantitative estimate of drug-likeness (QED) is 0.473. The van der Waals surface area contributed by atoms with Crippen molar-refractivity contribution < 1.29 is 19.1 Å². The molecule has 1 rings (SSSR count). The number of carbonyl (C=O) groups excluding carboxylic acids is 2. The number of hydrogen-bond acceptors (Lipinski definition) is 4. The summed E-state index contributed by atoms with van der Waals surface area (Å²) >= 11 is 0. The smallest absolute Gasteiger partial charge is 0.408 e. The molecule has 25 heavy (non-hydrogen) atoms. The second-order valence-corrected chi connectivity index (χ2v) is 6.63. The van der Waals surface area contributed by atoms with Crippen LogP contribution in [0.5, 0.6) is 0 Å². The number of ether oxygens (including phenoxy) is 2. The molecular weight excluding hydrogens is 318 g/mol. The Morgan fingerprint density at radius 1 is 1.04 bits per heavy atom. The molecule has 0 saturated heterocycles. The minimum Gasteiger partial charge on any atom is -0.464 e. The minimum absolute atomic E-state index is 0.177. The summed E-state index contributed by atoms with van der Waals surface area (Å²) in [5.74, 6) is -0.128. The maximum Gasteiger partial charge on any atom is 0.408 e. The van der Waals surface area contributed by atoms with Gasteiger partial charge < -0.3 is 14.8 Å². The van der Waals surface area contributed by atoms with E-state index in [4.69, 9.17) is 9.47 Å². The highest BCUT2D eigenvalue weighted by molar-refractivity contribution is 5.81. The van der Waals surface area contributed by atoms with Crippen molar-refractivity contribution in [2.24, 2.45) is 5.92 Å². The first-order chi connectivity index (χ1) is 12.0. The van der Waals surface area contributed by atoms with E-state index in [9.17, 15) is 9.59 Å². The highest BCUT2D eigenvalue weighted by atomic mass is 16.6. The SMILES string of the molecule is CCCCCCC(NC(=O)OCc1ccccc1)C(=O)OCC(C)C. The zero-order valence-electron chi connectivity index (χ0n) is 15.6. The summed E-state index contributed by atoms with van der Waals surface area (Å²) in [6.45, 7) is 6.62. The zero-order chi connectivity index (χ0) is 18.5. The van der Waals surface area contributed by atoms with Gasteiger partial charge in [-0.3, -0.25) is 0 Å². The molecule has 0 saturated carbocycles. The van der Waals surface area contributed by atoms with Gasteiger partial charge in [0.25, 0.3) is 0 Å². The first kappa shape index (κ1) is 21.0. The van der Waals surface area contributed by atoms with Crippen LogP contribution in [-0.2, 0) is 20.9 Å². The van der Waals surface area contributed by atoms with Gasteiger partial charge in [0.05, 0.1) is 6.61 Å². The van der Waals surface area contributed by atoms with Crippen molar-refractivity contribution in [2.75, 3.05) is 6.61 Å². The number of nitrogens with one attached hydrogen (secondary N) is 1. The summed E-state index contributed by atoms with van der Waals surface area (Å²) < 4.78 is 10.5. The topological polar surface area (TPSA) is 64.6 Å². The van der Waals surface area contributed by atoms with Crippen molar-refractivity contribution in [3.8, 4) is 0 Å². The number of carbonyl (C=O) groups is 2. The normalized spacial score (nSPS) is 11.8. The van der Waals surface area contributed by atoms with E-state index in [1.807, 2.05) is 44.2 Å². The summed E-state index contributed by atoms with van der Waals surface area (Å²) in [7, 11) is 0. The van der Waals surface area contributed by atoms with Gasteiger partial charge in [0.2, 0.25) is 0 Å². The lowest BCUT2D eigenvalue weighted by molar-refractivity contribution is -0.147. The molecule has 1 aromatic carbocycles. The maximum atomic E-state index is 12.2. The fourth-order valence-electron chi connectivity index (χ4n) is 2.28. The van der Waals surface area contributed by atoms with E-state index in [-0.39, 0.29) is 18.5 Å². The molecule has 1 atom stereocenters. The number of unbranched alkanes of at least 4 members (excludes halogenated alkanes) is 3. The summed E-state index contributed by atoms with van der Waals surface area (Å²) in [5, 5.41) is 2.65. The van der Waals surface area contributed by atoms with Gasteiger partial charge in [0, 0.05) is 0 Å². The minimum atomic E-state index is -0.654. The third-order valence-corrected chi connectivity index (χ3v) is 3.69. The van der Waals surface area contributed by atoms with Crippen molar-refractivity contribution in [3.63, 3.8) is 0 Å². The molecule has 5 nitrogen and oxygen atoms in total. The zero-order valence-corrected chi connectivity index (χ0v) is 15.6. The average Bonchev–Trinajstić information content (AvgIpc) is 2.61. The number of esters is 1. The van der Waals surface area contributed by atoms with Gasteiger partial charge in [-0.25, -0.2) is 9.59 Å². The molecule has 0 aliphatic carbocycles. The Morgan fingerprint density at radius 2 is 1.76 bits per heavy atom. The Bertz CT molecular complexity index is 502. The molecule has 0 radical (unpaired) electrons. The predicted octanol–water partition coefficient (Wildman–Crippen LogP) is 4.45. The summed E-state index contributed by atoms with van der Waals surface area (Å²) in [6.07, 6.45) is 4.11. The summed E-state index contributed by atoms with van der Waals surface area (Å²) in [5.41, 5.74) is 0.902. The van der Waals surface area contributed by atoms with Crippen LogP contribution < -0.4 is 5.32 Å². The largest absolute Gasteiger partial charge is 0.464 e. The van der Waals surface area contributed by atoms with Gasteiger partial charge >= 0.3 is 12.1 Å². The third-order valence-electron chi connectivity index (χ3n) is 3.69. The fourth-order valence-corrected chi connectivity index (χ4v) is 2.28. The van der Waals surface area contributed by atoms with Crippen LogP contribution in [0.4, 0.5) is 4.79 Å².